The molecule has 0 atom stereocenters. The van der Waals surface area contributed by atoms with Crippen LogP contribution < -0.4 is 0 Å². The van der Waals surface area contributed by atoms with Crippen LogP contribution in [-0.2, 0) is 22.7 Å². The molecule has 0 amide bonds. The molecule has 0 aliphatic rings. The highest BCUT2D eigenvalue weighted by atomic mass is 79.9. The molecule has 1 aromatic carbocycles. The molecular formula is C21H23BrN4O2S. The molecule has 0 saturated carbocycles. The number of ether oxygens (including phenoxy) is 1. The van der Waals surface area contributed by atoms with Gasteiger partial charge in [0, 0.05) is 48.0 Å². The van der Waals surface area contributed by atoms with Crippen LogP contribution in [0.5, 0.6) is 0 Å². The molecule has 0 unspecified atom stereocenters. The van der Waals surface area contributed by atoms with Gasteiger partial charge < -0.3 is 9.30 Å². The van der Waals surface area contributed by atoms with Gasteiger partial charge in [-0.2, -0.15) is 0 Å². The number of halogens is 1. The Labute approximate surface area is 183 Å². The third kappa shape index (κ3) is 6.09. The highest BCUT2D eigenvalue weighted by molar-refractivity contribution is 9.10. The zero-order valence-corrected chi connectivity index (χ0v) is 18.6. The minimum absolute atomic E-state index is 0.195. The standard InChI is InChI=1S/C21H23BrN4O2S/c1-2-28-20(27)9-11-24(15-17-4-3-10-23-14-17)16-25-12-13-26(21(25)29)19-7-5-18(22)6-8-19/h3-8,10,12-14H,2,9,11,15-16H2,1H3. The summed E-state index contributed by atoms with van der Waals surface area (Å²) < 4.78 is 10.8. The van der Waals surface area contributed by atoms with E-state index in [1.165, 1.54) is 0 Å². The highest BCUT2D eigenvalue weighted by Crippen LogP contribution is 2.16. The Balaban J connectivity index is 1.76. The first-order valence-electron chi connectivity index (χ1n) is 9.37. The fourth-order valence-electron chi connectivity index (χ4n) is 2.97. The summed E-state index contributed by atoms with van der Waals surface area (Å²) >= 11 is 9.14. The van der Waals surface area contributed by atoms with Gasteiger partial charge in [-0.3, -0.25) is 19.2 Å². The van der Waals surface area contributed by atoms with Gasteiger partial charge in [0.25, 0.3) is 0 Å². The summed E-state index contributed by atoms with van der Waals surface area (Å²) in [7, 11) is 0. The summed E-state index contributed by atoms with van der Waals surface area (Å²) in [5.74, 6) is -0.195. The molecule has 0 aliphatic carbocycles. The Hall–Kier alpha value is -2.29. The van der Waals surface area contributed by atoms with E-state index in [1.54, 1.807) is 6.20 Å². The molecule has 2 aromatic heterocycles. The van der Waals surface area contributed by atoms with E-state index in [2.05, 4.69) is 25.8 Å². The predicted molar refractivity (Wildman–Crippen MR) is 118 cm³/mol. The van der Waals surface area contributed by atoms with Crippen molar-refractivity contribution in [3.05, 3.63) is 76.0 Å². The van der Waals surface area contributed by atoms with Crippen LogP contribution in [0.4, 0.5) is 0 Å². The number of carbonyl (C=O) groups excluding carboxylic acids is 1. The first-order valence-corrected chi connectivity index (χ1v) is 10.6. The van der Waals surface area contributed by atoms with Crippen LogP contribution in [0.1, 0.15) is 18.9 Å². The zero-order valence-electron chi connectivity index (χ0n) is 16.2. The van der Waals surface area contributed by atoms with Crippen LogP contribution in [0.3, 0.4) is 0 Å². The lowest BCUT2D eigenvalue weighted by molar-refractivity contribution is -0.143. The van der Waals surface area contributed by atoms with Crippen LogP contribution in [0, 0.1) is 4.77 Å². The first-order chi connectivity index (χ1) is 14.1. The summed E-state index contributed by atoms with van der Waals surface area (Å²) in [5.41, 5.74) is 2.08. The van der Waals surface area contributed by atoms with Crippen molar-refractivity contribution >= 4 is 34.1 Å². The number of carbonyl (C=O) groups is 1. The maximum atomic E-state index is 11.8. The fraction of sp³-hybridized carbons (Fsp3) is 0.286. The van der Waals surface area contributed by atoms with Crippen molar-refractivity contribution in [2.75, 3.05) is 13.2 Å². The van der Waals surface area contributed by atoms with E-state index in [4.69, 9.17) is 17.0 Å². The van der Waals surface area contributed by atoms with E-state index in [9.17, 15) is 4.79 Å². The molecular weight excluding hydrogens is 452 g/mol. The zero-order chi connectivity index (χ0) is 20.6. The summed E-state index contributed by atoms with van der Waals surface area (Å²) in [5, 5.41) is 0. The topological polar surface area (TPSA) is 52.3 Å². The molecule has 0 fully saturated rings. The van der Waals surface area contributed by atoms with Gasteiger partial charge >= 0.3 is 5.97 Å². The summed E-state index contributed by atoms with van der Waals surface area (Å²) in [6.45, 7) is 4.01. The minimum atomic E-state index is -0.195. The normalized spacial score (nSPS) is 11.0. The number of hydrogen-bond donors (Lipinski definition) is 0. The van der Waals surface area contributed by atoms with Gasteiger partial charge in [-0.25, -0.2) is 0 Å². The molecule has 0 aliphatic heterocycles. The van der Waals surface area contributed by atoms with Gasteiger partial charge in [-0.15, -0.1) is 0 Å². The molecule has 2 heterocycles. The average Bonchev–Trinajstić information content (AvgIpc) is 3.08. The molecule has 152 valence electrons. The van der Waals surface area contributed by atoms with Gasteiger partial charge in [0.1, 0.15) is 0 Å². The second kappa shape index (κ2) is 10.5. The number of benzene rings is 1. The van der Waals surface area contributed by atoms with Crippen molar-refractivity contribution in [2.24, 2.45) is 0 Å². The van der Waals surface area contributed by atoms with E-state index in [1.807, 2.05) is 71.0 Å². The molecule has 0 bridgehead atoms. The Bertz CT molecular complexity index is 986. The minimum Gasteiger partial charge on any atom is -0.466 e. The Kier molecular flexibility index (Phi) is 7.74. The van der Waals surface area contributed by atoms with Crippen molar-refractivity contribution in [1.82, 2.24) is 19.0 Å². The molecule has 8 heteroatoms. The van der Waals surface area contributed by atoms with Gasteiger partial charge in [0.15, 0.2) is 4.77 Å². The van der Waals surface area contributed by atoms with E-state index in [-0.39, 0.29) is 5.97 Å². The lowest BCUT2D eigenvalue weighted by Crippen LogP contribution is -2.29. The summed E-state index contributed by atoms with van der Waals surface area (Å²) in [6, 6.07) is 11.9. The number of pyridine rings is 1. The van der Waals surface area contributed by atoms with Crippen molar-refractivity contribution in [3.8, 4) is 5.69 Å². The molecule has 0 saturated heterocycles. The average molecular weight is 475 g/mol. The second-order valence-corrected chi connectivity index (χ2v) is 7.79. The summed E-state index contributed by atoms with van der Waals surface area (Å²) in [4.78, 5) is 18.2. The van der Waals surface area contributed by atoms with Crippen LogP contribution in [-0.4, -0.2) is 38.1 Å². The van der Waals surface area contributed by atoms with Gasteiger partial charge in [-0.05, 0) is 55.0 Å². The Morgan fingerprint density at radius 3 is 2.72 bits per heavy atom. The second-order valence-electron chi connectivity index (χ2n) is 6.51. The van der Waals surface area contributed by atoms with Crippen LogP contribution >= 0.6 is 28.1 Å². The molecule has 29 heavy (non-hydrogen) atoms. The van der Waals surface area contributed by atoms with E-state index < -0.39 is 0 Å². The van der Waals surface area contributed by atoms with Gasteiger partial charge in [-0.1, -0.05) is 22.0 Å². The Morgan fingerprint density at radius 2 is 2.03 bits per heavy atom. The summed E-state index contributed by atoms with van der Waals surface area (Å²) in [6.07, 6.45) is 7.84. The van der Waals surface area contributed by atoms with Crippen molar-refractivity contribution in [2.45, 2.75) is 26.6 Å². The van der Waals surface area contributed by atoms with Crippen LogP contribution in [0.2, 0.25) is 0 Å². The maximum Gasteiger partial charge on any atom is 0.307 e. The molecule has 3 rings (SSSR count). The molecule has 6 nitrogen and oxygen atoms in total. The number of nitrogens with zero attached hydrogens (tertiary/aromatic N) is 4. The number of hydrogen-bond acceptors (Lipinski definition) is 5. The van der Waals surface area contributed by atoms with E-state index in [0.717, 1.165) is 15.7 Å². The van der Waals surface area contributed by atoms with E-state index in [0.29, 0.717) is 37.6 Å². The highest BCUT2D eigenvalue weighted by Gasteiger charge is 2.12. The van der Waals surface area contributed by atoms with Crippen molar-refractivity contribution < 1.29 is 9.53 Å². The van der Waals surface area contributed by atoms with E-state index >= 15 is 0 Å². The largest absolute Gasteiger partial charge is 0.466 e. The van der Waals surface area contributed by atoms with Crippen molar-refractivity contribution in [1.29, 1.82) is 0 Å². The van der Waals surface area contributed by atoms with Crippen molar-refractivity contribution in [3.63, 3.8) is 0 Å². The third-order valence-electron chi connectivity index (χ3n) is 4.37. The third-order valence-corrected chi connectivity index (χ3v) is 5.33. The fourth-order valence-corrected chi connectivity index (χ4v) is 3.52. The number of esters is 1. The maximum absolute atomic E-state index is 11.8. The quantitative estimate of drug-likeness (QED) is 0.335. The Morgan fingerprint density at radius 1 is 1.24 bits per heavy atom. The number of imidazole rings is 1. The SMILES string of the molecule is CCOC(=O)CCN(Cc1cccnc1)Cn1ccn(-c2ccc(Br)cc2)c1=S. The lowest BCUT2D eigenvalue weighted by Gasteiger charge is -2.22. The van der Waals surface area contributed by atoms with Crippen LogP contribution in [0.25, 0.3) is 5.69 Å². The molecule has 0 radical (unpaired) electrons. The monoisotopic (exact) mass is 474 g/mol. The molecule has 3 aromatic rings. The lowest BCUT2D eigenvalue weighted by atomic mass is 10.2. The van der Waals surface area contributed by atoms with Gasteiger partial charge in [0.2, 0.25) is 0 Å². The number of aromatic nitrogens is 3. The first kappa shape index (κ1) is 21.4. The predicted octanol–water partition coefficient (Wildman–Crippen LogP) is 4.58. The molecule has 0 spiro atoms. The number of rotatable bonds is 9. The van der Waals surface area contributed by atoms with Crippen LogP contribution in [0.15, 0.2) is 65.7 Å². The smallest absolute Gasteiger partial charge is 0.307 e. The molecule has 0 N–H and O–H groups in total. The van der Waals surface area contributed by atoms with Gasteiger partial charge in [0.05, 0.1) is 19.7 Å².